The summed E-state index contributed by atoms with van der Waals surface area (Å²) in [5.74, 6) is 0.422. The standard InChI is InChI=1S/C20H25N3O/c1-3-5-8-14-15(12-13-19(24)16(14)9-6-4-2)17-10-7-11-18-20(17)22-23-21-18/h7,10-13,24H,3-6,8-9H2,1-2H3,(H,21,22,23). The van der Waals surface area contributed by atoms with E-state index in [0.717, 1.165) is 60.7 Å². The first-order valence-electron chi connectivity index (χ1n) is 8.89. The Morgan fingerprint density at radius 3 is 2.38 bits per heavy atom. The van der Waals surface area contributed by atoms with E-state index >= 15 is 0 Å². The molecule has 3 aromatic rings. The first-order valence-corrected chi connectivity index (χ1v) is 8.89. The van der Waals surface area contributed by atoms with Crippen LogP contribution in [-0.2, 0) is 12.8 Å². The molecular weight excluding hydrogens is 298 g/mol. The van der Waals surface area contributed by atoms with Gasteiger partial charge in [0.15, 0.2) is 0 Å². The molecule has 2 aromatic carbocycles. The number of para-hydroxylation sites is 1. The van der Waals surface area contributed by atoms with Crippen LogP contribution in [0.15, 0.2) is 30.3 Å². The highest BCUT2D eigenvalue weighted by Gasteiger charge is 2.16. The highest BCUT2D eigenvalue weighted by Crippen LogP contribution is 2.36. The SMILES string of the molecule is CCCCc1c(O)ccc(-c2cccc3n[nH]nc23)c1CCCC. The number of H-pyrrole nitrogens is 1. The van der Waals surface area contributed by atoms with E-state index in [9.17, 15) is 5.11 Å². The van der Waals surface area contributed by atoms with Crippen LogP contribution in [0.4, 0.5) is 0 Å². The van der Waals surface area contributed by atoms with Gasteiger partial charge in [-0.05, 0) is 54.5 Å². The number of phenols is 1. The van der Waals surface area contributed by atoms with E-state index in [1.165, 1.54) is 11.1 Å². The molecule has 2 N–H and O–H groups in total. The number of hydrogen-bond acceptors (Lipinski definition) is 3. The molecule has 1 heterocycles. The lowest BCUT2D eigenvalue weighted by molar-refractivity contribution is 0.465. The Balaban J connectivity index is 2.17. The van der Waals surface area contributed by atoms with E-state index in [1.807, 2.05) is 24.3 Å². The van der Waals surface area contributed by atoms with Crippen molar-refractivity contribution in [2.75, 3.05) is 0 Å². The van der Waals surface area contributed by atoms with Gasteiger partial charge in [0, 0.05) is 5.56 Å². The van der Waals surface area contributed by atoms with Gasteiger partial charge in [0.25, 0.3) is 0 Å². The number of rotatable bonds is 7. The Morgan fingerprint density at radius 2 is 1.62 bits per heavy atom. The highest BCUT2D eigenvalue weighted by molar-refractivity contribution is 5.92. The van der Waals surface area contributed by atoms with Crippen LogP contribution in [0.25, 0.3) is 22.2 Å². The van der Waals surface area contributed by atoms with Crippen molar-refractivity contribution in [3.8, 4) is 16.9 Å². The summed E-state index contributed by atoms with van der Waals surface area (Å²) in [6, 6.07) is 9.93. The van der Waals surface area contributed by atoms with Gasteiger partial charge in [0.05, 0.1) is 0 Å². The predicted molar refractivity (Wildman–Crippen MR) is 98.2 cm³/mol. The number of phenolic OH excluding ortho intramolecular Hbond substituents is 1. The molecule has 0 aliphatic carbocycles. The first kappa shape index (κ1) is 16.5. The molecule has 0 fully saturated rings. The number of unbranched alkanes of at least 4 members (excludes halogenated alkanes) is 2. The van der Waals surface area contributed by atoms with Crippen LogP contribution in [0.2, 0.25) is 0 Å². The molecule has 0 saturated carbocycles. The summed E-state index contributed by atoms with van der Waals surface area (Å²) in [6.45, 7) is 4.38. The second-order valence-corrected chi connectivity index (χ2v) is 6.29. The third-order valence-corrected chi connectivity index (χ3v) is 4.60. The lowest BCUT2D eigenvalue weighted by Crippen LogP contribution is -2.00. The van der Waals surface area contributed by atoms with Gasteiger partial charge in [-0.1, -0.05) is 44.9 Å². The summed E-state index contributed by atoms with van der Waals surface area (Å²) in [7, 11) is 0. The number of aromatic nitrogens is 3. The minimum atomic E-state index is 0.422. The third-order valence-electron chi connectivity index (χ3n) is 4.60. The maximum atomic E-state index is 10.4. The van der Waals surface area contributed by atoms with Crippen LogP contribution in [0.3, 0.4) is 0 Å². The summed E-state index contributed by atoms with van der Waals surface area (Å²) in [5.41, 5.74) is 6.39. The van der Waals surface area contributed by atoms with Crippen molar-refractivity contribution in [1.29, 1.82) is 0 Å². The summed E-state index contributed by atoms with van der Waals surface area (Å²) in [5, 5.41) is 21.7. The summed E-state index contributed by atoms with van der Waals surface area (Å²) < 4.78 is 0. The van der Waals surface area contributed by atoms with Crippen molar-refractivity contribution in [2.45, 2.75) is 52.4 Å². The fraction of sp³-hybridized carbons (Fsp3) is 0.400. The van der Waals surface area contributed by atoms with Crippen molar-refractivity contribution >= 4 is 11.0 Å². The zero-order valence-corrected chi connectivity index (χ0v) is 14.5. The highest BCUT2D eigenvalue weighted by atomic mass is 16.3. The number of aromatic amines is 1. The maximum Gasteiger partial charge on any atom is 0.120 e. The van der Waals surface area contributed by atoms with Gasteiger partial charge in [-0.3, -0.25) is 0 Å². The topological polar surface area (TPSA) is 61.8 Å². The maximum absolute atomic E-state index is 10.4. The summed E-state index contributed by atoms with van der Waals surface area (Å²) >= 11 is 0. The Labute approximate surface area is 142 Å². The third kappa shape index (κ3) is 3.14. The molecule has 0 spiro atoms. The lowest BCUT2D eigenvalue weighted by Gasteiger charge is -2.17. The molecule has 0 aliphatic rings. The molecule has 3 rings (SSSR count). The molecule has 1 aromatic heterocycles. The van der Waals surface area contributed by atoms with E-state index in [1.54, 1.807) is 0 Å². The molecule has 4 heteroatoms. The zero-order valence-electron chi connectivity index (χ0n) is 14.5. The van der Waals surface area contributed by atoms with E-state index in [4.69, 9.17) is 0 Å². The molecule has 0 aliphatic heterocycles. The molecule has 0 amide bonds. The number of fused-ring (bicyclic) bond motifs is 1. The zero-order chi connectivity index (χ0) is 16.9. The molecule has 126 valence electrons. The van der Waals surface area contributed by atoms with E-state index in [0.29, 0.717) is 5.75 Å². The molecule has 0 unspecified atom stereocenters. The van der Waals surface area contributed by atoms with Gasteiger partial charge in [-0.15, -0.1) is 0 Å². The van der Waals surface area contributed by atoms with Crippen LogP contribution in [-0.4, -0.2) is 20.5 Å². The smallest absolute Gasteiger partial charge is 0.120 e. The van der Waals surface area contributed by atoms with Crippen molar-refractivity contribution < 1.29 is 5.11 Å². The van der Waals surface area contributed by atoms with Crippen molar-refractivity contribution in [3.63, 3.8) is 0 Å². The van der Waals surface area contributed by atoms with Gasteiger partial charge in [-0.2, -0.15) is 15.4 Å². The lowest BCUT2D eigenvalue weighted by atomic mass is 9.89. The quantitative estimate of drug-likeness (QED) is 0.642. The second-order valence-electron chi connectivity index (χ2n) is 6.29. The van der Waals surface area contributed by atoms with Crippen molar-refractivity contribution in [1.82, 2.24) is 15.4 Å². The minimum absolute atomic E-state index is 0.422. The molecule has 0 atom stereocenters. The monoisotopic (exact) mass is 323 g/mol. The van der Waals surface area contributed by atoms with Gasteiger partial charge in [-0.25, -0.2) is 0 Å². The van der Waals surface area contributed by atoms with E-state index in [2.05, 4.69) is 35.3 Å². The Bertz CT molecular complexity index is 823. The number of nitrogens with zero attached hydrogens (tertiary/aromatic N) is 2. The molecule has 4 nitrogen and oxygen atoms in total. The summed E-state index contributed by atoms with van der Waals surface area (Å²) in [6.07, 6.45) is 6.36. The molecule has 24 heavy (non-hydrogen) atoms. The van der Waals surface area contributed by atoms with Gasteiger partial charge < -0.3 is 5.11 Å². The van der Waals surface area contributed by atoms with Crippen LogP contribution < -0.4 is 0 Å². The van der Waals surface area contributed by atoms with Crippen molar-refractivity contribution in [3.05, 3.63) is 41.5 Å². The minimum Gasteiger partial charge on any atom is -0.508 e. The van der Waals surface area contributed by atoms with E-state index in [-0.39, 0.29) is 0 Å². The summed E-state index contributed by atoms with van der Waals surface area (Å²) in [4.78, 5) is 0. The molecule has 0 bridgehead atoms. The van der Waals surface area contributed by atoms with Crippen LogP contribution in [0, 0.1) is 0 Å². The number of nitrogens with one attached hydrogen (secondary N) is 1. The number of aromatic hydroxyl groups is 1. The average molecular weight is 323 g/mol. The number of hydrogen-bond donors (Lipinski definition) is 2. The fourth-order valence-electron chi connectivity index (χ4n) is 3.29. The Morgan fingerprint density at radius 1 is 0.875 bits per heavy atom. The molecule has 0 saturated heterocycles. The van der Waals surface area contributed by atoms with Crippen LogP contribution in [0.1, 0.15) is 50.7 Å². The van der Waals surface area contributed by atoms with E-state index < -0.39 is 0 Å². The largest absolute Gasteiger partial charge is 0.508 e. The van der Waals surface area contributed by atoms with Crippen LogP contribution >= 0.6 is 0 Å². The average Bonchev–Trinajstić information content (AvgIpc) is 3.08. The van der Waals surface area contributed by atoms with Gasteiger partial charge >= 0.3 is 0 Å². The Kier molecular flexibility index (Phi) is 5.14. The van der Waals surface area contributed by atoms with Gasteiger partial charge in [0.2, 0.25) is 0 Å². The Hall–Kier alpha value is -2.36. The first-order chi connectivity index (χ1) is 11.8. The number of benzene rings is 2. The second kappa shape index (κ2) is 7.47. The molecular formula is C20H25N3O. The van der Waals surface area contributed by atoms with Gasteiger partial charge in [0.1, 0.15) is 16.8 Å². The fourth-order valence-corrected chi connectivity index (χ4v) is 3.29. The van der Waals surface area contributed by atoms with Crippen molar-refractivity contribution in [2.24, 2.45) is 0 Å². The van der Waals surface area contributed by atoms with Crippen LogP contribution in [0.5, 0.6) is 5.75 Å². The normalized spacial score (nSPS) is 11.2. The predicted octanol–water partition coefficient (Wildman–Crippen LogP) is 5.02. The molecule has 0 radical (unpaired) electrons.